The number of methoxy groups -OCH3 is 1. The SMILES string of the molecule is COCCS(=O)(=O)c1ccc(C(=O)NCCN2CCN(C(=O)OC(C)(C)C)CC2)cc1. The molecule has 0 radical (unpaired) electrons. The van der Waals surface area contributed by atoms with Crippen LogP contribution in [0.5, 0.6) is 0 Å². The largest absolute Gasteiger partial charge is 0.444 e. The molecule has 2 rings (SSSR count). The standard InChI is InChI=1S/C21H33N3O6S/c1-21(2,3)30-20(26)24-13-11-23(12-14-24)10-9-22-19(25)17-5-7-18(8-6-17)31(27,28)16-15-29-4/h5-8H,9-16H2,1-4H3,(H,22,25). The predicted molar refractivity (Wildman–Crippen MR) is 117 cm³/mol. The van der Waals surface area contributed by atoms with Crippen LogP contribution >= 0.6 is 0 Å². The number of piperazine rings is 1. The molecule has 0 spiro atoms. The van der Waals surface area contributed by atoms with E-state index >= 15 is 0 Å². The second kappa shape index (κ2) is 10.9. The normalized spacial score (nSPS) is 15.5. The quantitative estimate of drug-likeness (QED) is 0.631. The van der Waals surface area contributed by atoms with Gasteiger partial charge in [-0.15, -0.1) is 0 Å². The van der Waals surface area contributed by atoms with Crippen LogP contribution in [-0.4, -0.2) is 94.6 Å². The molecule has 1 fully saturated rings. The number of sulfone groups is 1. The Morgan fingerprint density at radius 2 is 1.68 bits per heavy atom. The number of ether oxygens (including phenoxy) is 2. The highest BCUT2D eigenvalue weighted by Crippen LogP contribution is 2.13. The summed E-state index contributed by atoms with van der Waals surface area (Å²) < 4.78 is 34.5. The lowest BCUT2D eigenvalue weighted by molar-refractivity contribution is 0.0147. The van der Waals surface area contributed by atoms with Gasteiger partial charge in [-0.2, -0.15) is 0 Å². The van der Waals surface area contributed by atoms with Gasteiger partial charge in [-0.1, -0.05) is 0 Å². The van der Waals surface area contributed by atoms with Gasteiger partial charge in [0.1, 0.15) is 5.60 Å². The Morgan fingerprint density at radius 3 is 2.23 bits per heavy atom. The summed E-state index contributed by atoms with van der Waals surface area (Å²) in [4.78, 5) is 28.5. The van der Waals surface area contributed by atoms with E-state index in [0.717, 1.165) is 0 Å². The van der Waals surface area contributed by atoms with Crippen molar-refractivity contribution in [3.05, 3.63) is 29.8 Å². The Balaban J connectivity index is 1.74. The number of amides is 2. The number of nitrogens with zero attached hydrogens (tertiary/aromatic N) is 2. The fourth-order valence-corrected chi connectivity index (χ4v) is 4.21. The molecule has 0 saturated carbocycles. The van der Waals surface area contributed by atoms with Gasteiger partial charge < -0.3 is 19.7 Å². The van der Waals surface area contributed by atoms with Crippen molar-refractivity contribution in [3.8, 4) is 0 Å². The van der Waals surface area contributed by atoms with Gasteiger partial charge in [0.05, 0.1) is 17.3 Å². The molecule has 1 aliphatic heterocycles. The molecule has 1 aliphatic rings. The predicted octanol–water partition coefficient (Wildman–Crippen LogP) is 1.39. The molecule has 1 aromatic carbocycles. The molecular weight excluding hydrogens is 422 g/mol. The van der Waals surface area contributed by atoms with Crippen LogP contribution in [-0.2, 0) is 19.3 Å². The summed E-state index contributed by atoms with van der Waals surface area (Å²) in [6.07, 6.45) is -0.298. The van der Waals surface area contributed by atoms with Gasteiger partial charge in [-0.25, -0.2) is 13.2 Å². The monoisotopic (exact) mass is 455 g/mol. The molecule has 1 aromatic rings. The van der Waals surface area contributed by atoms with Crippen LogP contribution in [0.2, 0.25) is 0 Å². The third-order valence-corrected chi connectivity index (χ3v) is 6.46. The lowest BCUT2D eigenvalue weighted by atomic mass is 10.2. The van der Waals surface area contributed by atoms with E-state index in [1.165, 1.54) is 31.4 Å². The molecule has 174 valence electrons. The number of carbonyl (C=O) groups is 2. The minimum atomic E-state index is -3.42. The summed E-state index contributed by atoms with van der Waals surface area (Å²) in [7, 11) is -1.97. The first kappa shape index (κ1) is 25.1. The fourth-order valence-electron chi connectivity index (χ4n) is 3.03. The molecule has 31 heavy (non-hydrogen) atoms. The van der Waals surface area contributed by atoms with Crippen molar-refractivity contribution in [2.45, 2.75) is 31.3 Å². The molecule has 0 bridgehead atoms. The molecule has 9 nitrogen and oxygen atoms in total. The lowest BCUT2D eigenvalue weighted by Crippen LogP contribution is -2.51. The topological polar surface area (TPSA) is 105 Å². The first-order chi connectivity index (χ1) is 14.5. The van der Waals surface area contributed by atoms with Gasteiger partial charge >= 0.3 is 6.09 Å². The highest BCUT2D eigenvalue weighted by Gasteiger charge is 2.25. The molecule has 1 heterocycles. The van der Waals surface area contributed by atoms with E-state index in [9.17, 15) is 18.0 Å². The van der Waals surface area contributed by atoms with E-state index in [2.05, 4.69) is 10.2 Å². The number of rotatable bonds is 8. The van der Waals surface area contributed by atoms with Crippen molar-refractivity contribution < 1.29 is 27.5 Å². The fraction of sp³-hybridized carbons (Fsp3) is 0.619. The van der Waals surface area contributed by atoms with E-state index in [4.69, 9.17) is 9.47 Å². The van der Waals surface area contributed by atoms with Crippen LogP contribution < -0.4 is 5.32 Å². The minimum Gasteiger partial charge on any atom is -0.444 e. The third kappa shape index (κ3) is 8.12. The first-order valence-corrected chi connectivity index (χ1v) is 12.0. The zero-order valence-corrected chi connectivity index (χ0v) is 19.5. The van der Waals surface area contributed by atoms with Crippen LogP contribution in [0.3, 0.4) is 0 Å². The summed E-state index contributed by atoms with van der Waals surface area (Å²) in [5.41, 5.74) is -0.106. The molecule has 1 saturated heterocycles. The van der Waals surface area contributed by atoms with Crippen LogP contribution in [0.1, 0.15) is 31.1 Å². The number of carbonyl (C=O) groups excluding carboxylic acids is 2. The molecule has 0 atom stereocenters. The maximum Gasteiger partial charge on any atom is 0.410 e. The third-order valence-electron chi connectivity index (χ3n) is 4.77. The molecule has 0 aromatic heterocycles. The second-order valence-corrected chi connectivity index (χ2v) is 10.5. The second-order valence-electron chi connectivity index (χ2n) is 8.40. The van der Waals surface area contributed by atoms with Crippen molar-refractivity contribution in [1.29, 1.82) is 0 Å². The van der Waals surface area contributed by atoms with E-state index in [1.807, 2.05) is 20.8 Å². The van der Waals surface area contributed by atoms with E-state index in [1.54, 1.807) is 4.90 Å². The van der Waals surface area contributed by atoms with Crippen molar-refractivity contribution in [3.63, 3.8) is 0 Å². The molecule has 1 N–H and O–H groups in total. The Hall–Kier alpha value is -2.17. The average molecular weight is 456 g/mol. The van der Waals surface area contributed by atoms with Gasteiger partial charge in [-0.3, -0.25) is 9.69 Å². The van der Waals surface area contributed by atoms with Crippen molar-refractivity contribution in [2.75, 3.05) is 58.7 Å². The Bertz CT molecular complexity index is 841. The van der Waals surface area contributed by atoms with Crippen LogP contribution in [0.25, 0.3) is 0 Å². The maximum atomic E-state index is 12.3. The van der Waals surface area contributed by atoms with Crippen molar-refractivity contribution in [2.24, 2.45) is 0 Å². The van der Waals surface area contributed by atoms with Crippen molar-refractivity contribution in [1.82, 2.24) is 15.1 Å². The van der Waals surface area contributed by atoms with Crippen LogP contribution in [0, 0.1) is 0 Å². The summed E-state index contributed by atoms with van der Waals surface area (Å²) >= 11 is 0. The number of nitrogens with one attached hydrogen (secondary N) is 1. The van der Waals surface area contributed by atoms with Gasteiger partial charge in [-0.05, 0) is 45.0 Å². The van der Waals surface area contributed by atoms with Crippen molar-refractivity contribution >= 4 is 21.8 Å². The molecule has 0 aliphatic carbocycles. The van der Waals surface area contributed by atoms with Gasteiger partial charge in [0.25, 0.3) is 5.91 Å². The summed E-state index contributed by atoms with van der Waals surface area (Å²) in [5, 5.41) is 2.85. The van der Waals surface area contributed by atoms with E-state index < -0.39 is 15.4 Å². The lowest BCUT2D eigenvalue weighted by Gasteiger charge is -2.35. The maximum absolute atomic E-state index is 12.3. The van der Waals surface area contributed by atoms with Gasteiger partial charge in [0, 0.05) is 51.9 Å². The van der Waals surface area contributed by atoms with Crippen LogP contribution in [0.15, 0.2) is 29.2 Å². The average Bonchev–Trinajstić information content (AvgIpc) is 2.71. The molecule has 10 heteroatoms. The zero-order chi connectivity index (χ0) is 23.1. The first-order valence-electron chi connectivity index (χ1n) is 10.3. The minimum absolute atomic E-state index is 0.101. The van der Waals surface area contributed by atoms with Gasteiger partial charge in [0.15, 0.2) is 9.84 Å². The van der Waals surface area contributed by atoms with E-state index in [-0.39, 0.29) is 29.3 Å². The Labute approximate surface area is 184 Å². The van der Waals surface area contributed by atoms with Crippen LogP contribution in [0.4, 0.5) is 4.79 Å². The molecule has 0 unspecified atom stereocenters. The summed E-state index contributed by atoms with van der Waals surface area (Å²) in [6.45, 7) is 9.37. The number of hydrogen-bond acceptors (Lipinski definition) is 7. The Morgan fingerprint density at radius 1 is 1.06 bits per heavy atom. The summed E-state index contributed by atoms with van der Waals surface area (Å²) in [5.74, 6) is -0.357. The highest BCUT2D eigenvalue weighted by atomic mass is 32.2. The smallest absolute Gasteiger partial charge is 0.410 e. The van der Waals surface area contributed by atoms with Gasteiger partial charge in [0.2, 0.25) is 0 Å². The van der Waals surface area contributed by atoms with E-state index in [0.29, 0.717) is 44.8 Å². The zero-order valence-electron chi connectivity index (χ0n) is 18.7. The molecule has 2 amide bonds. The molecular formula is C21H33N3O6S. The Kier molecular flexibility index (Phi) is 8.84. The highest BCUT2D eigenvalue weighted by molar-refractivity contribution is 7.91. The summed E-state index contributed by atoms with van der Waals surface area (Å²) in [6, 6.07) is 5.90. The number of benzene rings is 1. The number of hydrogen-bond donors (Lipinski definition) is 1.